The van der Waals surface area contributed by atoms with Crippen LogP contribution in [0.15, 0.2) is 24.3 Å². The number of benzene rings is 1. The SMILES string of the molecule is CCN(CC)C(C)(O)C(=O)c1ccc(N)cc1.CI. The number of likely N-dealkylation sites (N-methyl/N-ethyl adjacent to an activating group) is 1. The van der Waals surface area contributed by atoms with E-state index < -0.39 is 5.72 Å². The second-order valence-corrected chi connectivity index (χ2v) is 4.14. The van der Waals surface area contributed by atoms with Gasteiger partial charge in [0.1, 0.15) is 0 Å². The highest BCUT2D eigenvalue weighted by molar-refractivity contribution is 14.1. The second-order valence-electron chi connectivity index (χ2n) is 4.14. The standard InChI is InChI=1S/C13H20N2O2.CH3I/c1-4-15(5-2)13(3,17)12(16)10-6-8-11(14)9-7-10;1-2/h6-9,17H,4-5,14H2,1-3H3;1H3. The first kappa shape index (κ1) is 18.3. The molecule has 1 unspecified atom stereocenters. The average Bonchev–Trinajstić information content (AvgIpc) is 2.42. The molecule has 1 aromatic rings. The van der Waals surface area contributed by atoms with E-state index >= 15 is 0 Å². The fraction of sp³-hybridized carbons (Fsp3) is 0.500. The number of anilines is 1. The van der Waals surface area contributed by atoms with Crippen LogP contribution in [0.5, 0.6) is 0 Å². The molecule has 1 aromatic carbocycles. The Hall–Kier alpha value is -0.660. The zero-order valence-corrected chi connectivity index (χ0v) is 14.1. The summed E-state index contributed by atoms with van der Waals surface area (Å²) in [6.45, 7) is 6.58. The molecule has 0 radical (unpaired) electrons. The summed E-state index contributed by atoms with van der Waals surface area (Å²) in [5.41, 5.74) is 5.16. The third-order valence-corrected chi connectivity index (χ3v) is 2.98. The van der Waals surface area contributed by atoms with E-state index in [0.29, 0.717) is 24.3 Å². The summed E-state index contributed by atoms with van der Waals surface area (Å²) >= 11 is 2.15. The van der Waals surface area contributed by atoms with E-state index in [4.69, 9.17) is 5.73 Å². The lowest BCUT2D eigenvalue weighted by Gasteiger charge is -2.34. The summed E-state index contributed by atoms with van der Waals surface area (Å²) in [6, 6.07) is 6.59. The van der Waals surface area contributed by atoms with Crippen LogP contribution < -0.4 is 5.73 Å². The Morgan fingerprint density at radius 1 is 1.26 bits per heavy atom. The third kappa shape index (κ3) is 4.74. The molecule has 0 saturated heterocycles. The number of Topliss-reactive ketones (excluding diaryl/α,β-unsaturated/α-hetero) is 1. The molecule has 3 N–H and O–H groups in total. The van der Waals surface area contributed by atoms with Crippen LogP contribution in [0.3, 0.4) is 0 Å². The quantitative estimate of drug-likeness (QED) is 0.272. The number of carbonyl (C=O) groups excluding carboxylic acids is 1. The van der Waals surface area contributed by atoms with Gasteiger partial charge in [0.05, 0.1) is 0 Å². The van der Waals surface area contributed by atoms with Gasteiger partial charge in [-0.25, -0.2) is 0 Å². The zero-order valence-electron chi connectivity index (χ0n) is 12.0. The molecule has 0 aromatic heterocycles. The van der Waals surface area contributed by atoms with Crippen molar-refractivity contribution >= 4 is 34.1 Å². The van der Waals surface area contributed by atoms with Gasteiger partial charge in [-0.05, 0) is 49.2 Å². The number of nitrogen functional groups attached to an aromatic ring is 1. The number of hydrogen-bond donors (Lipinski definition) is 2. The minimum atomic E-state index is -1.47. The number of carbonyl (C=O) groups is 1. The Morgan fingerprint density at radius 2 is 1.68 bits per heavy atom. The lowest BCUT2D eigenvalue weighted by molar-refractivity contribution is -0.0589. The molecule has 0 aliphatic carbocycles. The summed E-state index contributed by atoms with van der Waals surface area (Å²) in [6.07, 6.45) is 0. The normalized spacial score (nSPS) is 13.4. The van der Waals surface area contributed by atoms with Crippen molar-refractivity contribution in [2.24, 2.45) is 0 Å². The minimum Gasteiger partial charge on any atom is -0.399 e. The van der Waals surface area contributed by atoms with Crippen LogP contribution in [0.2, 0.25) is 0 Å². The molecule has 0 aliphatic heterocycles. The Labute approximate surface area is 129 Å². The molecule has 0 saturated carbocycles. The zero-order chi connectivity index (χ0) is 15.1. The molecule has 1 rings (SSSR count). The lowest BCUT2D eigenvalue weighted by atomic mass is 10.0. The Morgan fingerprint density at radius 3 is 2.05 bits per heavy atom. The van der Waals surface area contributed by atoms with E-state index in [9.17, 15) is 9.90 Å². The van der Waals surface area contributed by atoms with Crippen molar-refractivity contribution in [2.75, 3.05) is 23.8 Å². The molecule has 0 spiro atoms. The smallest absolute Gasteiger partial charge is 0.209 e. The van der Waals surface area contributed by atoms with E-state index in [1.807, 2.05) is 18.8 Å². The highest BCUT2D eigenvalue weighted by Crippen LogP contribution is 2.18. The van der Waals surface area contributed by atoms with Crippen molar-refractivity contribution in [2.45, 2.75) is 26.5 Å². The number of aliphatic hydroxyl groups is 1. The first-order valence-electron chi connectivity index (χ1n) is 6.19. The highest BCUT2D eigenvalue weighted by atomic mass is 127. The van der Waals surface area contributed by atoms with Crippen LogP contribution in [-0.2, 0) is 0 Å². The molecule has 0 amide bonds. The fourth-order valence-electron chi connectivity index (χ4n) is 1.89. The van der Waals surface area contributed by atoms with Crippen LogP contribution in [-0.4, -0.2) is 39.5 Å². The van der Waals surface area contributed by atoms with Gasteiger partial charge in [0, 0.05) is 11.3 Å². The van der Waals surface area contributed by atoms with Crippen LogP contribution in [0.25, 0.3) is 0 Å². The fourth-order valence-corrected chi connectivity index (χ4v) is 1.89. The second kappa shape index (κ2) is 8.50. The predicted octanol–water partition coefficient (Wildman–Crippen LogP) is 2.55. The molecule has 0 fully saturated rings. The van der Waals surface area contributed by atoms with Gasteiger partial charge in [-0.1, -0.05) is 36.4 Å². The molecular formula is C14H23IN2O2. The van der Waals surface area contributed by atoms with Gasteiger partial charge in [-0.2, -0.15) is 0 Å². The Kier molecular flexibility index (Phi) is 8.20. The number of alkyl halides is 1. The predicted molar refractivity (Wildman–Crippen MR) is 88.7 cm³/mol. The summed E-state index contributed by atoms with van der Waals surface area (Å²) in [7, 11) is 0. The van der Waals surface area contributed by atoms with Crippen molar-refractivity contribution in [1.82, 2.24) is 4.90 Å². The van der Waals surface area contributed by atoms with Crippen LogP contribution in [0.4, 0.5) is 5.69 Å². The van der Waals surface area contributed by atoms with Gasteiger partial charge in [-0.3, -0.25) is 9.69 Å². The summed E-state index contributed by atoms with van der Waals surface area (Å²) in [4.78, 5) is 15.9. The Bertz CT molecular complexity index is 387. The van der Waals surface area contributed by atoms with Crippen molar-refractivity contribution < 1.29 is 9.90 Å². The van der Waals surface area contributed by atoms with E-state index in [1.54, 1.807) is 29.2 Å². The topological polar surface area (TPSA) is 66.6 Å². The van der Waals surface area contributed by atoms with Gasteiger partial charge in [0.15, 0.2) is 5.72 Å². The molecule has 108 valence electrons. The van der Waals surface area contributed by atoms with Gasteiger partial charge >= 0.3 is 0 Å². The minimum absolute atomic E-state index is 0.304. The monoisotopic (exact) mass is 378 g/mol. The maximum absolute atomic E-state index is 12.2. The van der Waals surface area contributed by atoms with E-state index in [2.05, 4.69) is 22.6 Å². The summed E-state index contributed by atoms with van der Waals surface area (Å²) in [5, 5.41) is 10.3. The molecule has 1 atom stereocenters. The van der Waals surface area contributed by atoms with Crippen molar-refractivity contribution in [1.29, 1.82) is 0 Å². The summed E-state index contributed by atoms with van der Waals surface area (Å²) in [5.74, 6) is -0.304. The van der Waals surface area contributed by atoms with Gasteiger partial charge in [0.25, 0.3) is 0 Å². The third-order valence-electron chi connectivity index (χ3n) is 2.98. The molecule has 19 heavy (non-hydrogen) atoms. The number of nitrogens with zero attached hydrogens (tertiary/aromatic N) is 1. The van der Waals surface area contributed by atoms with E-state index in [0.717, 1.165) is 0 Å². The maximum Gasteiger partial charge on any atom is 0.209 e. The van der Waals surface area contributed by atoms with Gasteiger partial charge in [-0.15, -0.1) is 0 Å². The lowest BCUT2D eigenvalue weighted by Crippen LogP contribution is -2.52. The van der Waals surface area contributed by atoms with E-state index in [-0.39, 0.29) is 5.78 Å². The van der Waals surface area contributed by atoms with Gasteiger partial charge < -0.3 is 10.8 Å². The molecule has 0 bridgehead atoms. The first-order valence-corrected chi connectivity index (χ1v) is 8.34. The first-order chi connectivity index (χ1) is 8.93. The molecule has 5 heteroatoms. The molecule has 0 aliphatic rings. The largest absolute Gasteiger partial charge is 0.399 e. The van der Waals surface area contributed by atoms with Crippen molar-refractivity contribution in [3.8, 4) is 0 Å². The van der Waals surface area contributed by atoms with Crippen molar-refractivity contribution in [3.05, 3.63) is 29.8 Å². The number of rotatable bonds is 5. The Balaban J connectivity index is 0.00000154. The molecule has 4 nitrogen and oxygen atoms in total. The van der Waals surface area contributed by atoms with Crippen LogP contribution in [0.1, 0.15) is 31.1 Å². The highest BCUT2D eigenvalue weighted by Gasteiger charge is 2.35. The summed E-state index contributed by atoms with van der Waals surface area (Å²) < 4.78 is 0. The number of ketones is 1. The molecular weight excluding hydrogens is 355 g/mol. The van der Waals surface area contributed by atoms with E-state index in [1.165, 1.54) is 6.92 Å². The number of halogens is 1. The van der Waals surface area contributed by atoms with Crippen LogP contribution in [0, 0.1) is 0 Å². The van der Waals surface area contributed by atoms with Crippen LogP contribution >= 0.6 is 22.6 Å². The number of nitrogens with two attached hydrogens (primary N) is 1. The maximum atomic E-state index is 12.2. The number of hydrogen-bond acceptors (Lipinski definition) is 4. The molecule has 0 heterocycles. The van der Waals surface area contributed by atoms with Gasteiger partial charge in [0.2, 0.25) is 5.78 Å². The average molecular weight is 378 g/mol. The van der Waals surface area contributed by atoms with Crippen molar-refractivity contribution in [3.63, 3.8) is 0 Å².